The van der Waals surface area contributed by atoms with Gasteiger partial charge in [0.25, 0.3) is 5.91 Å². The number of anilines is 1. The molecule has 27 heavy (non-hydrogen) atoms. The van der Waals surface area contributed by atoms with E-state index >= 15 is 0 Å². The van der Waals surface area contributed by atoms with Crippen molar-refractivity contribution >= 4 is 47.7 Å². The number of rotatable bonds is 3. The van der Waals surface area contributed by atoms with Crippen LogP contribution in [0.2, 0.25) is 0 Å². The maximum Gasteiger partial charge on any atom is 0.416 e. The largest absolute Gasteiger partial charge is 0.416 e. The Bertz CT molecular complexity index is 764. The van der Waals surface area contributed by atoms with Gasteiger partial charge in [0.05, 0.1) is 5.56 Å². The number of alkyl halides is 3. The molecule has 2 N–H and O–H groups in total. The Hall–Kier alpha value is -1.55. The third-order valence-corrected chi connectivity index (χ3v) is 4.92. The highest BCUT2D eigenvalue weighted by Crippen LogP contribution is 2.31. The van der Waals surface area contributed by atoms with Crippen LogP contribution in [-0.4, -0.2) is 42.0 Å². The molecule has 2 heterocycles. The minimum Gasteiger partial charge on any atom is -0.368 e. The lowest BCUT2D eigenvalue weighted by atomic mass is 10.1. The number of hydrogen-bond acceptors (Lipinski definition) is 5. The molecule has 3 rings (SSSR count). The molecule has 5 nitrogen and oxygen atoms in total. The third kappa shape index (κ3) is 5.47. The Morgan fingerprint density at radius 3 is 2.41 bits per heavy atom. The summed E-state index contributed by atoms with van der Waals surface area (Å²) in [5.74, 6) is -0.167. The number of benzene rings is 1. The minimum atomic E-state index is -4.36. The molecule has 0 bridgehead atoms. The van der Waals surface area contributed by atoms with Gasteiger partial charge < -0.3 is 15.5 Å². The van der Waals surface area contributed by atoms with Crippen LogP contribution < -0.4 is 10.6 Å². The van der Waals surface area contributed by atoms with Crippen molar-refractivity contribution in [2.45, 2.75) is 12.7 Å². The van der Waals surface area contributed by atoms with E-state index in [1.54, 1.807) is 16.3 Å². The average Bonchev–Trinajstić information content (AvgIpc) is 3.10. The monoisotopic (exact) mass is 442 g/mol. The summed E-state index contributed by atoms with van der Waals surface area (Å²) in [6, 6.07) is 5.26. The molecule has 150 valence electrons. The van der Waals surface area contributed by atoms with E-state index in [0.29, 0.717) is 49.1 Å². The minimum absolute atomic E-state index is 0. The zero-order valence-electron chi connectivity index (χ0n) is 14.1. The Balaban J connectivity index is 0.00000182. The molecule has 2 aromatic rings. The number of thiazole rings is 1. The molecular weight excluding hydrogens is 424 g/mol. The zero-order valence-corrected chi connectivity index (χ0v) is 16.6. The second-order valence-corrected chi connectivity index (χ2v) is 6.60. The van der Waals surface area contributed by atoms with Gasteiger partial charge in [-0.25, -0.2) is 4.98 Å². The molecule has 0 atom stereocenters. The highest BCUT2D eigenvalue weighted by atomic mass is 35.5. The summed E-state index contributed by atoms with van der Waals surface area (Å²) in [7, 11) is 0. The first-order chi connectivity index (χ1) is 11.9. The summed E-state index contributed by atoms with van der Waals surface area (Å²) in [5.41, 5.74) is 5.72. The van der Waals surface area contributed by atoms with Gasteiger partial charge >= 0.3 is 6.18 Å². The maximum atomic E-state index is 12.8. The number of piperazine rings is 1. The summed E-state index contributed by atoms with van der Waals surface area (Å²) < 4.78 is 38.5. The second kappa shape index (κ2) is 9.59. The molecule has 1 aromatic heterocycles. The molecule has 1 aromatic carbocycles. The molecule has 0 saturated carbocycles. The molecule has 0 spiro atoms. The van der Waals surface area contributed by atoms with Gasteiger partial charge in [-0.05, 0) is 18.2 Å². The van der Waals surface area contributed by atoms with Crippen molar-refractivity contribution in [2.24, 2.45) is 5.73 Å². The molecule has 1 aliphatic heterocycles. The standard InChI is InChI=1S/C16H17F3N4OS.2ClH/c17-16(18,19)11-2-1-3-12(8-11)22-4-6-23(7-5-22)15(24)13-10-25-14(9-20)21-13;;/h1-3,8,10H,4-7,9,20H2;2*1H. The van der Waals surface area contributed by atoms with E-state index in [4.69, 9.17) is 5.73 Å². The molecule has 0 aliphatic carbocycles. The smallest absolute Gasteiger partial charge is 0.368 e. The van der Waals surface area contributed by atoms with E-state index < -0.39 is 11.7 Å². The fourth-order valence-electron chi connectivity index (χ4n) is 2.71. The second-order valence-electron chi connectivity index (χ2n) is 5.66. The van der Waals surface area contributed by atoms with Crippen molar-refractivity contribution in [1.82, 2.24) is 9.88 Å². The molecule has 1 aliphatic rings. The predicted molar refractivity (Wildman–Crippen MR) is 104 cm³/mol. The Labute approximate surface area is 171 Å². The fraction of sp³-hybridized carbons (Fsp3) is 0.375. The van der Waals surface area contributed by atoms with Crippen LogP contribution >= 0.6 is 36.2 Å². The van der Waals surface area contributed by atoms with Gasteiger partial charge in [0.1, 0.15) is 10.7 Å². The molecule has 11 heteroatoms. The molecule has 0 unspecified atom stereocenters. The van der Waals surface area contributed by atoms with E-state index in [2.05, 4.69) is 4.98 Å². The molecule has 1 amide bonds. The van der Waals surface area contributed by atoms with Gasteiger partial charge in [0.15, 0.2) is 0 Å². The van der Waals surface area contributed by atoms with Gasteiger partial charge in [-0.3, -0.25) is 4.79 Å². The zero-order chi connectivity index (χ0) is 18.0. The van der Waals surface area contributed by atoms with Crippen LogP contribution in [-0.2, 0) is 12.7 Å². The number of nitrogens with two attached hydrogens (primary N) is 1. The van der Waals surface area contributed by atoms with Crippen LogP contribution in [0.15, 0.2) is 29.6 Å². The number of carbonyl (C=O) groups excluding carboxylic acids is 1. The first-order valence-corrected chi connectivity index (χ1v) is 8.62. The van der Waals surface area contributed by atoms with Crippen LogP contribution in [0.1, 0.15) is 21.1 Å². The average molecular weight is 443 g/mol. The van der Waals surface area contributed by atoms with Gasteiger partial charge in [-0.15, -0.1) is 36.2 Å². The van der Waals surface area contributed by atoms with Crippen LogP contribution in [0.4, 0.5) is 18.9 Å². The van der Waals surface area contributed by atoms with Crippen molar-refractivity contribution in [3.8, 4) is 0 Å². The van der Waals surface area contributed by atoms with Crippen molar-refractivity contribution < 1.29 is 18.0 Å². The van der Waals surface area contributed by atoms with Crippen LogP contribution in [0, 0.1) is 0 Å². The SMILES string of the molecule is Cl.Cl.NCc1nc(C(=O)N2CCN(c3cccc(C(F)(F)F)c3)CC2)cs1. The van der Waals surface area contributed by atoms with E-state index in [1.165, 1.54) is 17.4 Å². The topological polar surface area (TPSA) is 62.5 Å². The highest BCUT2D eigenvalue weighted by molar-refractivity contribution is 7.09. The number of aromatic nitrogens is 1. The summed E-state index contributed by atoms with van der Waals surface area (Å²) in [6.45, 7) is 2.11. The first-order valence-electron chi connectivity index (χ1n) is 7.74. The van der Waals surface area contributed by atoms with Crippen molar-refractivity contribution in [3.05, 3.63) is 45.9 Å². The lowest BCUT2D eigenvalue weighted by Gasteiger charge is -2.36. The number of nitrogens with zero attached hydrogens (tertiary/aromatic N) is 3. The fourth-order valence-corrected chi connectivity index (χ4v) is 3.36. The van der Waals surface area contributed by atoms with Gasteiger partial charge in [0.2, 0.25) is 0 Å². The summed E-state index contributed by atoms with van der Waals surface area (Å²) in [4.78, 5) is 20.1. The molecule has 0 radical (unpaired) electrons. The third-order valence-electron chi connectivity index (χ3n) is 4.05. The molecule has 1 saturated heterocycles. The molecular formula is C16H19Cl2F3N4OS. The van der Waals surface area contributed by atoms with Gasteiger partial charge in [-0.2, -0.15) is 13.2 Å². The number of halogens is 5. The Morgan fingerprint density at radius 2 is 1.85 bits per heavy atom. The number of amides is 1. The van der Waals surface area contributed by atoms with Crippen LogP contribution in [0.5, 0.6) is 0 Å². The number of hydrogen-bond donors (Lipinski definition) is 1. The normalized spacial score (nSPS) is 14.4. The lowest BCUT2D eigenvalue weighted by molar-refractivity contribution is -0.137. The summed E-state index contributed by atoms with van der Waals surface area (Å²) in [6.07, 6.45) is -4.36. The van der Waals surface area contributed by atoms with Gasteiger partial charge in [0, 0.05) is 43.8 Å². The van der Waals surface area contributed by atoms with Crippen LogP contribution in [0.25, 0.3) is 0 Å². The Kier molecular flexibility index (Phi) is 8.34. The van der Waals surface area contributed by atoms with E-state index in [9.17, 15) is 18.0 Å². The summed E-state index contributed by atoms with van der Waals surface area (Å²) in [5, 5.41) is 2.38. The molecule has 1 fully saturated rings. The van der Waals surface area contributed by atoms with Crippen molar-refractivity contribution in [1.29, 1.82) is 0 Å². The highest BCUT2D eigenvalue weighted by Gasteiger charge is 2.31. The quantitative estimate of drug-likeness (QED) is 0.790. The van der Waals surface area contributed by atoms with Crippen molar-refractivity contribution in [2.75, 3.05) is 31.1 Å². The first kappa shape index (κ1) is 23.5. The van der Waals surface area contributed by atoms with Gasteiger partial charge in [-0.1, -0.05) is 6.07 Å². The van der Waals surface area contributed by atoms with Crippen molar-refractivity contribution in [3.63, 3.8) is 0 Å². The van der Waals surface area contributed by atoms with E-state index in [-0.39, 0.29) is 30.7 Å². The van der Waals surface area contributed by atoms with E-state index in [1.807, 2.05) is 4.90 Å². The Morgan fingerprint density at radius 1 is 1.19 bits per heavy atom. The number of carbonyl (C=O) groups is 1. The lowest BCUT2D eigenvalue weighted by Crippen LogP contribution is -2.49. The maximum absolute atomic E-state index is 12.8. The predicted octanol–water partition coefficient (Wildman–Crippen LogP) is 3.43. The summed E-state index contributed by atoms with van der Waals surface area (Å²) >= 11 is 1.34. The van der Waals surface area contributed by atoms with E-state index in [0.717, 1.165) is 12.1 Å². The van der Waals surface area contributed by atoms with Crippen LogP contribution in [0.3, 0.4) is 0 Å².